The summed E-state index contributed by atoms with van der Waals surface area (Å²) < 4.78 is 11.6. The number of carboxylic acids is 1. The molecule has 0 bridgehead atoms. The number of nitrogen functional groups attached to an aromatic ring is 1. The summed E-state index contributed by atoms with van der Waals surface area (Å²) in [4.78, 5) is 46.2. The predicted molar refractivity (Wildman–Crippen MR) is 96.3 cm³/mol. The average Bonchev–Trinajstić information content (AvgIpc) is 3.09. The largest absolute Gasteiger partial charge is 0.480 e. The number of thiazole rings is 1. The lowest BCUT2D eigenvalue weighted by Gasteiger charge is -2.42. The molecule has 1 aromatic heterocycles. The Morgan fingerprint density at radius 2 is 2.19 bits per heavy atom. The predicted octanol–water partition coefficient (Wildman–Crippen LogP) is -1.28. The zero-order valence-corrected chi connectivity index (χ0v) is 16.2. The fraction of sp³-hybridized carbons (Fsp3) is 0.500. The molecule has 1 unspecified atom stereocenters. The number of fused-ring (bicyclic) bond motifs is 1. The standard InChI is InChI=1S/C14H17N5O6S2/c1-14(2)8(12(22)23)19-10(21)7(11(19)27(14)24)17-9(20)6(18-25-3)5-4-26-13(15)16-5/h4,7-8,11H,1-3H3,(H2,15,16)(H,17,20)(H,22,23)/t7-,8+,11-,27?/m1/s1. The number of aliphatic carboxylic acids is 1. The van der Waals surface area contributed by atoms with E-state index in [0.29, 0.717) is 0 Å². The van der Waals surface area contributed by atoms with Crippen LogP contribution in [0, 0.1) is 0 Å². The zero-order valence-electron chi connectivity index (χ0n) is 14.5. The number of carbonyl (C=O) groups excluding carboxylic acids is 2. The van der Waals surface area contributed by atoms with Gasteiger partial charge in [-0.25, -0.2) is 9.78 Å². The third kappa shape index (κ3) is 2.86. The van der Waals surface area contributed by atoms with Crippen molar-refractivity contribution in [3.8, 4) is 0 Å². The van der Waals surface area contributed by atoms with Crippen LogP contribution in [0.15, 0.2) is 10.5 Å². The Labute approximate surface area is 160 Å². The summed E-state index contributed by atoms with van der Waals surface area (Å²) in [7, 11) is -0.450. The topological polar surface area (TPSA) is 164 Å². The fourth-order valence-electron chi connectivity index (χ4n) is 3.19. The van der Waals surface area contributed by atoms with Gasteiger partial charge in [-0.3, -0.25) is 13.8 Å². The Balaban J connectivity index is 1.84. The van der Waals surface area contributed by atoms with Gasteiger partial charge >= 0.3 is 5.97 Å². The smallest absolute Gasteiger partial charge is 0.328 e. The Morgan fingerprint density at radius 3 is 2.70 bits per heavy atom. The molecule has 4 atom stereocenters. The van der Waals surface area contributed by atoms with Crippen molar-refractivity contribution in [1.29, 1.82) is 0 Å². The molecule has 0 saturated carbocycles. The molecular formula is C14H17N5O6S2. The number of amides is 2. The van der Waals surface area contributed by atoms with Crippen LogP contribution in [0.3, 0.4) is 0 Å². The Kier molecular flexibility index (Phi) is 4.67. The van der Waals surface area contributed by atoms with E-state index >= 15 is 0 Å². The van der Waals surface area contributed by atoms with Gasteiger partial charge in [-0.2, -0.15) is 0 Å². The lowest BCUT2D eigenvalue weighted by Crippen LogP contribution is -2.72. The van der Waals surface area contributed by atoms with Gasteiger partial charge in [0.15, 0.2) is 10.8 Å². The summed E-state index contributed by atoms with van der Waals surface area (Å²) >= 11 is 1.10. The summed E-state index contributed by atoms with van der Waals surface area (Å²) in [6.07, 6.45) is 0. The van der Waals surface area contributed by atoms with E-state index in [4.69, 9.17) is 5.73 Å². The minimum absolute atomic E-state index is 0.164. The van der Waals surface area contributed by atoms with Gasteiger partial charge in [0.1, 0.15) is 30.3 Å². The number of carbonyl (C=O) groups is 3. The van der Waals surface area contributed by atoms with E-state index in [2.05, 4.69) is 20.3 Å². The maximum atomic E-state index is 12.7. The molecule has 3 rings (SSSR count). The van der Waals surface area contributed by atoms with Crippen LogP contribution in [-0.2, 0) is 30.0 Å². The molecule has 2 aliphatic heterocycles. The van der Waals surface area contributed by atoms with Crippen LogP contribution < -0.4 is 11.1 Å². The molecule has 3 heterocycles. The van der Waals surface area contributed by atoms with E-state index in [0.717, 1.165) is 16.2 Å². The van der Waals surface area contributed by atoms with Crippen LogP contribution in [0.4, 0.5) is 5.13 Å². The molecule has 0 radical (unpaired) electrons. The molecule has 0 aromatic carbocycles. The molecule has 13 heteroatoms. The summed E-state index contributed by atoms with van der Waals surface area (Å²) in [5.41, 5.74) is 5.52. The van der Waals surface area contributed by atoms with Gasteiger partial charge in [-0.15, -0.1) is 11.3 Å². The molecule has 0 spiro atoms. The Bertz CT molecular complexity index is 881. The van der Waals surface area contributed by atoms with Crippen molar-refractivity contribution < 1.29 is 28.5 Å². The lowest BCUT2D eigenvalue weighted by molar-refractivity contribution is -0.160. The maximum Gasteiger partial charge on any atom is 0.328 e. The van der Waals surface area contributed by atoms with Gasteiger partial charge in [0.2, 0.25) is 5.91 Å². The molecular weight excluding hydrogens is 398 g/mol. The van der Waals surface area contributed by atoms with E-state index < -0.39 is 50.8 Å². The quantitative estimate of drug-likeness (QED) is 0.304. The third-order valence-electron chi connectivity index (χ3n) is 4.44. The van der Waals surface area contributed by atoms with Crippen molar-refractivity contribution in [3.05, 3.63) is 11.1 Å². The van der Waals surface area contributed by atoms with Crippen LogP contribution in [0.25, 0.3) is 0 Å². The number of β-lactam (4-membered cyclic amide) rings is 1. The first kappa shape index (κ1) is 19.2. The van der Waals surface area contributed by atoms with Crippen LogP contribution in [0.2, 0.25) is 0 Å². The number of hydrogen-bond acceptors (Lipinski definition) is 9. The Morgan fingerprint density at radius 1 is 1.52 bits per heavy atom. The normalized spacial score (nSPS) is 29.1. The maximum absolute atomic E-state index is 12.7. The number of nitrogens with zero attached hydrogens (tertiary/aromatic N) is 3. The van der Waals surface area contributed by atoms with E-state index in [-0.39, 0.29) is 16.5 Å². The number of aromatic nitrogens is 1. The summed E-state index contributed by atoms with van der Waals surface area (Å²) in [6, 6.07) is -2.35. The first-order valence-electron chi connectivity index (χ1n) is 7.70. The second-order valence-corrected chi connectivity index (χ2v) is 9.44. The monoisotopic (exact) mass is 415 g/mol. The average molecular weight is 415 g/mol. The van der Waals surface area contributed by atoms with Gasteiger partial charge in [-0.1, -0.05) is 5.16 Å². The van der Waals surface area contributed by atoms with E-state index in [1.54, 1.807) is 0 Å². The molecule has 2 fully saturated rings. The number of hydrogen-bond donors (Lipinski definition) is 3. The highest BCUT2D eigenvalue weighted by Gasteiger charge is 2.68. The number of rotatable bonds is 5. The van der Waals surface area contributed by atoms with Gasteiger partial charge in [0.25, 0.3) is 5.91 Å². The molecule has 1 aromatic rings. The van der Waals surface area contributed by atoms with Crippen molar-refractivity contribution in [2.24, 2.45) is 5.16 Å². The van der Waals surface area contributed by atoms with Crippen molar-refractivity contribution in [2.75, 3.05) is 12.8 Å². The third-order valence-corrected chi connectivity index (χ3v) is 7.31. The van der Waals surface area contributed by atoms with Crippen molar-refractivity contribution in [1.82, 2.24) is 15.2 Å². The molecule has 27 heavy (non-hydrogen) atoms. The molecule has 0 aliphatic carbocycles. The van der Waals surface area contributed by atoms with Crippen molar-refractivity contribution in [3.63, 3.8) is 0 Å². The molecule has 2 saturated heterocycles. The van der Waals surface area contributed by atoms with Gasteiger partial charge in [0.05, 0.1) is 15.5 Å². The summed E-state index contributed by atoms with van der Waals surface area (Å²) in [5, 5.41) is 16.3. The zero-order chi connectivity index (χ0) is 20.1. The number of oxime groups is 1. The molecule has 2 amide bonds. The second-order valence-electron chi connectivity index (χ2n) is 6.42. The number of nitrogens with two attached hydrogens (primary N) is 1. The number of nitrogens with one attached hydrogen (secondary N) is 1. The lowest BCUT2D eigenvalue weighted by atomic mass is 9.96. The van der Waals surface area contributed by atoms with E-state index in [1.165, 1.54) is 26.3 Å². The molecule has 146 valence electrons. The summed E-state index contributed by atoms with van der Waals surface area (Å²) in [6.45, 7) is 3.03. The first-order chi connectivity index (χ1) is 12.6. The molecule has 4 N–H and O–H groups in total. The fourth-order valence-corrected chi connectivity index (χ4v) is 5.66. The molecule has 11 nitrogen and oxygen atoms in total. The molecule has 2 aliphatic rings. The van der Waals surface area contributed by atoms with E-state index in [9.17, 15) is 23.7 Å². The highest BCUT2D eigenvalue weighted by molar-refractivity contribution is 7.87. The minimum Gasteiger partial charge on any atom is -0.480 e. The summed E-state index contributed by atoms with van der Waals surface area (Å²) in [5.74, 6) is -2.63. The van der Waals surface area contributed by atoms with Gasteiger partial charge in [0, 0.05) is 5.38 Å². The second kappa shape index (κ2) is 6.56. The highest BCUT2D eigenvalue weighted by Crippen LogP contribution is 2.43. The van der Waals surface area contributed by atoms with Crippen LogP contribution in [0.5, 0.6) is 0 Å². The highest BCUT2D eigenvalue weighted by atomic mass is 32.2. The van der Waals surface area contributed by atoms with Gasteiger partial charge in [-0.05, 0) is 13.8 Å². The number of carboxylic acid groups (broad SMARTS) is 1. The van der Waals surface area contributed by atoms with Crippen LogP contribution in [-0.4, -0.2) is 72.0 Å². The number of anilines is 1. The first-order valence-corrected chi connectivity index (χ1v) is 9.79. The van der Waals surface area contributed by atoms with Gasteiger partial charge < -0.3 is 25.9 Å². The minimum atomic E-state index is -1.69. The van der Waals surface area contributed by atoms with Crippen molar-refractivity contribution in [2.45, 2.75) is 36.1 Å². The van der Waals surface area contributed by atoms with Crippen LogP contribution in [0.1, 0.15) is 19.5 Å². The van der Waals surface area contributed by atoms with Crippen molar-refractivity contribution >= 4 is 50.8 Å². The van der Waals surface area contributed by atoms with Crippen LogP contribution >= 0.6 is 11.3 Å². The SMILES string of the molecule is CON=C(C(=O)N[C@@H]1C(=O)N2[C@@H]1S(=O)C(C)(C)[C@@H]2C(=O)O)c1csc(N)n1. The van der Waals surface area contributed by atoms with E-state index in [1.807, 2.05) is 0 Å². The Hall–Kier alpha value is -2.54.